The van der Waals surface area contributed by atoms with Gasteiger partial charge in [0.25, 0.3) is 0 Å². The number of hydrogen-bond acceptors (Lipinski definition) is 3. The Bertz CT molecular complexity index is 475. The molecule has 0 atom stereocenters. The number of rotatable bonds is 1. The zero-order chi connectivity index (χ0) is 15.9. The van der Waals surface area contributed by atoms with Crippen molar-refractivity contribution in [1.82, 2.24) is 9.88 Å². The van der Waals surface area contributed by atoms with Gasteiger partial charge in [-0.15, -0.1) is 0 Å². The Labute approximate surface area is 127 Å². The minimum atomic E-state index is -0.438. The zero-order valence-corrected chi connectivity index (χ0v) is 13.7. The molecule has 4 nitrogen and oxygen atoms in total. The van der Waals surface area contributed by atoms with Crippen LogP contribution in [-0.2, 0) is 4.74 Å². The average molecular weight is 290 g/mol. The van der Waals surface area contributed by atoms with Crippen molar-refractivity contribution in [3.05, 3.63) is 36.2 Å². The van der Waals surface area contributed by atoms with Gasteiger partial charge in [-0.1, -0.05) is 19.9 Å². The van der Waals surface area contributed by atoms with E-state index in [0.717, 1.165) is 6.42 Å². The van der Waals surface area contributed by atoms with Crippen LogP contribution in [0.2, 0.25) is 0 Å². The lowest BCUT2D eigenvalue weighted by atomic mass is 10.0. The Morgan fingerprint density at radius 1 is 1.24 bits per heavy atom. The number of aromatic nitrogens is 1. The highest BCUT2D eigenvalue weighted by atomic mass is 16.6. The summed E-state index contributed by atoms with van der Waals surface area (Å²) in [5.41, 5.74) is 2.01. The van der Waals surface area contributed by atoms with Crippen molar-refractivity contribution in [3.8, 4) is 0 Å². The minimum Gasteiger partial charge on any atom is -0.444 e. The second kappa shape index (κ2) is 7.81. The molecule has 0 bridgehead atoms. The summed E-state index contributed by atoms with van der Waals surface area (Å²) in [4.78, 5) is 17.7. The van der Waals surface area contributed by atoms with Crippen molar-refractivity contribution in [2.24, 2.45) is 0 Å². The van der Waals surface area contributed by atoms with Gasteiger partial charge in [0, 0.05) is 25.5 Å². The predicted octanol–water partition coefficient (Wildman–Crippen LogP) is 4.13. The van der Waals surface area contributed by atoms with Crippen molar-refractivity contribution >= 4 is 11.7 Å². The van der Waals surface area contributed by atoms with Crippen molar-refractivity contribution in [2.75, 3.05) is 13.1 Å². The Morgan fingerprint density at radius 3 is 2.33 bits per heavy atom. The van der Waals surface area contributed by atoms with Gasteiger partial charge in [-0.2, -0.15) is 0 Å². The van der Waals surface area contributed by atoms with Gasteiger partial charge in [0.2, 0.25) is 0 Å². The molecule has 4 heteroatoms. The Balaban J connectivity index is 0.00000106. The number of pyridine rings is 1. The molecule has 0 N–H and O–H groups in total. The van der Waals surface area contributed by atoms with Crippen LogP contribution in [0.25, 0.3) is 5.57 Å². The lowest BCUT2D eigenvalue weighted by molar-refractivity contribution is 0.0270. The summed E-state index contributed by atoms with van der Waals surface area (Å²) in [6.45, 7) is 10.9. The highest BCUT2D eigenvalue weighted by molar-refractivity contribution is 5.72. The maximum Gasteiger partial charge on any atom is 0.410 e. The molecule has 0 spiro atoms. The first-order valence-corrected chi connectivity index (χ1v) is 7.53. The summed E-state index contributed by atoms with van der Waals surface area (Å²) >= 11 is 0. The molecule has 2 rings (SSSR count). The third-order valence-electron chi connectivity index (χ3n) is 2.91. The van der Waals surface area contributed by atoms with Crippen molar-refractivity contribution in [1.29, 1.82) is 0 Å². The molecular formula is C17H26N2O2. The van der Waals surface area contributed by atoms with Gasteiger partial charge < -0.3 is 9.64 Å². The lowest BCUT2D eigenvalue weighted by Gasteiger charge is -2.29. The van der Waals surface area contributed by atoms with Crippen LogP contribution in [0.15, 0.2) is 30.6 Å². The Hall–Kier alpha value is -1.84. The molecular weight excluding hydrogens is 264 g/mol. The third-order valence-corrected chi connectivity index (χ3v) is 2.91. The van der Waals surface area contributed by atoms with Gasteiger partial charge >= 0.3 is 6.09 Å². The summed E-state index contributed by atoms with van der Waals surface area (Å²) < 4.78 is 5.37. The van der Waals surface area contributed by atoms with Crippen LogP contribution >= 0.6 is 0 Å². The van der Waals surface area contributed by atoms with E-state index in [1.807, 2.05) is 46.8 Å². The number of carbonyl (C=O) groups is 1. The fraction of sp³-hybridized carbons (Fsp3) is 0.529. The first-order valence-electron chi connectivity index (χ1n) is 7.53. The minimum absolute atomic E-state index is 0.238. The van der Waals surface area contributed by atoms with E-state index in [9.17, 15) is 4.79 Å². The molecule has 0 fully saturated rings. The second-order valence-electron chi connectivity index (χ2n) is 5.64. The molecule has 1 amide bonds. The normalized spacial score (nSPS) is 14.7. The van der Waals surface area contributed by atoms with Gasteiger partial charge in [-0.3, -0.25) is 4.98 Å². The highest BCUT2D eigenvalue weighted by Gasteiger charge is 2.23. The van der Waals surface area contributed by atoms with Crippen molar-refractivity contribution < 1.29 is 9.53 Å². The fourth-order valence-corrected chi connectivity index (χ4v) is 1.99. The summed E-state index contributed by atoms with van der Waals surface area (Å²) in [7, 11) is 0. The summed E-state index contributed by atoms with van der Waals surface area (Å²) in [5.74, 6) is 0. The number of amides is 1. The van der Waals surface area contributed by atoms with Gasteiger partial charge in [-0.25, -0.2) is 4.79 Å². The quantitative estimate of drug-likeness (QED) is 0.781. The molecule has 0 unspecified atom stereocenters. The van der Waals surface area contributed by atoms with Crippen molar-refractivity contribution in [2.45, 2.75) is 46.6 Å². The van der Waals surface area contributed by atoms with E-state index in [-0.39, 0.29) is 6.09 Å². The fourth-order valence-electron chi connectivity index (χ4n) is 1.99. The van der Waals surface area contributed by atoms with Crippen LogP contribution < -0.4 is 0 Å². The topological polar surface area (TPSA) is 42.4 Å². The van der Waals surface area contributed by atoms with Gasteiger partial charge in [0.05, 0.1) is 0 Å². The highest BCUT2D eigenvalue weighted by Crippen LogP contribution is 2.22. The molecule has 1 aromatic heterocycles. The van der Waals surface area contributed by atoms with Crippen LogP contribution in [0.3, 0.4) is 0 Å². The van der Waals surface area contributed by atoms with E-state index >= 15 is 0 Å². The van der Waals surface area contributed by atoms with E-state index < -0.39 is 5.60 Å². The number of ether oxygens (including phenoxy) is 1. The van der Waals surface area contributed by atoms with E-state index in [1.165, 1.54) is 11.1 Å². The SMILES string of the molecule is CC.CC(C)(C)OC(=O)N1CC=C(c2ccncc2)CC1. The first-order chi connectivity index (χ1) is 9.96. The number of nitrogens with zero attached hydrogens (tertiary/aromatic N) is 2. The van der Waals surface area contributed by atoms with Crippen LogP contribution in [-0.4, -0.2) is 34.7 Å². The van der Waals surface area contributed by atoms with Crippen LogP contribution in [0.4, 0.5) is 4.79 Å². The molecule has 116 valence electrons. The zero-order valence-electron chi connectivity index (χ0n) is 13.7. The van der Waals surface area contributed by atoms with Crippen molar-refractivity contribution in [3.63, 3.8) is 0 Å². The lowest BCUT2D eigenvalue weighted by Crippen LogP contribution is -2.39. The third kappa shape index (κ3) is 5.58. The molecule has 0 aromatic carbocycles. The Kier molecular flexibility index (Phi) is 6.40. The molecule has 0 radical (unpaired) electrons. The van der Waals surface area contributed by atoms with E-state index in [4.69, 9.17) is 4.74 Å². The molecule has 0 saturated heterocycles. The maximum atomic E-state index is 11.9. The van der Waals surface area contributed by atoms with E-state index in [1.54, 1.807) is 17.3 Å². The molecule has 2 heterocycles. The summed E-state index contributed by atoms with van der Waals surface area (Å²) in [6, 6.07) is 3.99. The predicted molar refractivity (Wildman–Crippen MR) is 86.0 cm³/mol. The standard InChI is InChI=1S/C15H20N2O2.C2H6/c1-15(2,3)19-14(18)17-10-6-13(7-11-17)12-4-8-16-9-5-12;1-2/h4-6,8-9H,7,10-11H2,1-3H3;1-2H3. The van der Waals surface area contributed by atoms with Crippen LogP contribution in [0.5, 0.6) is 0 Å². The first kappa shape index (κ1) is 17.2. The molecule has 0 saturated carbocycles. The average Bonchev–Trinajstić information content (AvgIpc) is 2.49. The largest absolute Gasteiger partial charge is 0.444 e. The number of carbonyl (C=O) groups excluding carboxylic acids is 1. The van der Waals surface area contributed by atoms with E-state index in [2.05, 4.69) is 11.1 Å². The van der Waals surface area contributed by atoms with Gasteiger partial charge in [0.15, 0.2) is 0 Å². The van der Waals surface area contributed by atoms with Crippen LogP contribution in [0, 0.1) is 0 Å². The molecule has 1 aliphatic rings. The van der Waals surface area contributed by atoms with Gasteiger partial charge in [-0.05, 0) is 50.5 Å². The smallest absolute Gasteiger partial charge is 0.410 e. The van der Waals surface area contributed by atoms with Gasteiger partial charge in [0.1, 0.15) is 5.60 Å². The van der Waals surface area contributed by atoms with E-state index in [0.29, 0.717) is 13.1 Å². The summed E-state index contributed by atoms with van der Waals surface area (Å²) in [6.07, 6.45) is 6.27. The molecule has 1 aliphatic heterocycles. The molecule has 1 aromatic rings. The maximum absolute atomic E-state index is 11.9. The molecule has 0 aliphatic carbocycles. The van der Waals surface area contributed by atoms with Crippen LogP contribution in [0.1, 0.15) is 46.6 Å². The number of hydrogen-bond donors (Lipinski definition) is 0. The molecule has 21 heavy (non-hydrogen) atoms. The Morgan fingerprint density at radius 2 is 1.86 bits per heavy atom. The summed E-state index contributed by atoms with van der Waals surface area (Å²) in [5, 5.41) is 0. The second-order valence-corrected chi connectivity index (χ2v) is 5.64. The monoisotopic (exact) mass is 290 g/mol.